The van der Waals surface area contributed by atoms with Gasteiger partial charge in [-0.3, -0.25) is 10.1 Å². The summed E-state index contributed by atoms with van der Waals surface area (Å²) in [7, 11) is 0. The third kappa shape index (κ3) is 2.48. The van der Waals surface area contributed by atoms with Gasteiger partial charge in [0.1, 0.15) is 28.5 Å². The van der Waals surface area contributed by atoms with E-state index in [1.807, 2.05) is 12.1 Å². The molecule has 0 fully saturated rings. The normalized spacial score (nSPS) is 9.67. The first kappa shape index (κ1) is 14.3. The fraction of sp³-hybridized carbons (Fsp3) is 0. The summed E-state index contributed by atoms with van der Waals surface area (Å²) >= 11 is 4.08. The van der Waals surface area contributed by atoms with Crippen LogP contribution in [0.2, 0.25) is 0 Å². The highest BCUT2D eigenvalue weighted by molar-refractivity contribution is 7.80. The molecule has 0 bridgehead atoms. The van der Waals surface area contributed by atoms with Crippen LogP contribution in [0.1, 0.15) is 11.1 Å². The molecule has 1 aromatic heterocycles. The van der Waals surface area contributed by atoms with Gasteiger partial charge in [0, 0.05) is 17.7 Å². The molecule has 0 saturated carbocycles. The molecule has 21 heavy (non-hydrogen) atoms. The fourth-order valence-electron chi connectivity index (χ4n) is 1.85. The number of nitrogens with zero attached hydrogens (tertiary/aromatic N) is 4. The van der Waals surface area contributed by atoms with Crippen molar-refractivity contribution >= 4 is 24.1 Å². The summed E-state index contributed by atoms with van der Waals surface area (Å²) in [4.78, 5) is 14.0. The predicted molar refractivity (Wildman–Crippen MR) is 77.4 cm³/mol. The molecule has 0 spiro atoms. The Kier molecular flexibility index (Phi) is 3.74. The number of pyridine rings is 1. The first-order valence-corrected chi connectivity index (χ1v) is 6.01. The Balaban J connectivity index is 2.76. The molecule has 7 nitrogen and oxygen atoms in total. The topological polar surface area (TPSA) is 130 Å². The first-order valence-electron chi connectivity index (χ1n) is 5.57. The maximum Gasteiger partial charge on any atom is 0.269 e. The largest absolute Gasteiger partial charge is 0.383 e. The molecule has 2 N–H and O–H groups in total. The molecule has 2 rings (SSSR count). The highest BCUT2D eigenvalue weighted by Gasteiger charge is 2.19. The van der Waals surface area contributed by atoms with Crippen LogP contribution in [0.25, 0.3) is 11.1 Å². The van der Waals surface area contributed by atoms with Crippen LogP contribution < -0.4 is 5.73 Å². The molecule has 0 aliphatic rings. The van der Waals surface area contributed by atoms with Crippen molar-refractivity contribution in [1.29, 1.82) is 10.5 Å². The van der Waals surface area contributed by atoms with E-state index in [1.165, 1.54) is 24.3 Å². The third-order valence-corrected chi connectivity index (χ3v) is 3.12. The molecule has 1 heterocycles. The molecule has 0 amide bonds. The number of hydrogen-bond donors (Lipinski definition) is 2. The van der Waals surface area contributed by atoms with E-state index in [-0.39, 0.29) is 33.2 Å². The van der Waals surface area contributed by atoms with E-state index >= 15 is 0 Å². The molecular formula is C13H7N5O2S. The average Bonchev–Trinajstić information content (AvgIpc) is 2.46. The Hall–Kier alpha value is -3.10. The number of aromatic nitrogens is 1. The Labute approximate surface area is 124 Å². The maximum absolute atomic E-state index is 10.7. The number of benzene rings is 1. The van der Waals surface area contributed by atoms with Crippen molar-refractivity contribution in [2.75, 3.05) is 5.73 Å². The van der Waals surface area contributed by atoms with Gasteiger partial charge in [0.25, 0.3) is 5.69 Å². The lowest BCUT2D eigenvalue weighted by Crippen LogP contribution is -2.02. The van der Waals surface area contributed by atoms with Gasteiger partial charge < -0.3 is 5.73 Å². The summed E-state index contributed by atoms with van der Waals surface area (Å²) < 4.78 is 0. The van der Waals surface area contributed by atoms with Gasteiger partial charge in [-0.1, -0.05) is 0 Å². The summed E-state index contributed by atoms with van der Waals surface area (Å²) in [6, 6.07) is 9.28. The minimum atomic E-state index is -0.537. The number of hydrogen-bond acceptors (Lipinski definition) is 7. The molecule has 2 aromatic rings. The Morgan fingerprint density at radius 3 is 2.24 bits per heavy atom. The van der Waals surface area contributed by atoms with Gasteiger partial charge in [0.2, 0.25) is 0 Å². The number of thiol groups is 1. The van der Waals surface area contributed by atoms with Gasteiger partial charge in [0.05, 0.1) is 10.5 Å². The smallest absolute Gasteiger partial charge is 0.269 e. The van der Waals surface area contributed by atoms with E-state index in [0.29, 0.717) is 5.56 Å². The number of anilines is 1. The molecule has 0 unspecified atom stereocenters. The number of nitro groups is 1. The van der Waals surface area contributed by atoms with Crippen molar-refractivity contribution in [3.05, 3.63) is 45.5 Å². The third-order valence-electron chi connectivity index (χ3n) is 2.80. The summed E-state index contributed by atoms with van der Waals surface area (Å²) in [5.41, 5.74) is 6.44. The first-order chi connectivity index (χ1) is 9.99. The lowest BCUT2D eigenvalue weighted by atomic mass is 9.97. The van der Waals surface area contributed by atoms with Gasteiger partial charge in [-0.15, -0.1) is 12.6 Å². The van der Waals surface area contributed by atoms with Gasteiger partial charge in [0.15, 0.2) is 0 Å². The van der Waals surface area contributed by atoms with E-state index in [2.05, 4.69) is 17.6 Å². The van der Waals surface area contributed by atoms with Crippen LogP contribution in [-0.2, 0) is 0 Å². The van der Waals surface area contributed by atoms with Gasteiger partial charge in [-0.05, 0) is 17.7 Å². The number of nitriles is 2. The molecule has 0 aliphatic carbocycles. The van der Waals surface area contributed by atoms with Crippen LogP contribution in [-0.4, -0.2) is 9.91 Å². The van der Waals surface area contributed by atoms with Gasteiger partial charge in [-0.2, -0.15) is 10.5 Å². The second-order valence-electron chi connectivity index (χ2n) is 3.97. The molecule has 102 valence electrons. The minimum absolute atomic E-state index is 0.0400. The van der Waals surface area contributed by atoms with Crippen molar-refractivity contribution in [2.45, 2.75) is 5.03 Å². The Morgan fingerprint density at radius 1 is 1.19 bits per heavy atom. The monoisotopic (exact) mass is 297 g/mol. The SMILES string of the molecule is N#Cc1c(N)nc(S)c(C#N)c1-c1ccc([N+](=O)[O-])cc1. The number of nitrogen functional groups attached to an aromatic ring is 1. The summed E-state index contributed by atoms with van der Waals surface area (Å²) in [5.74, 6) is -0.0464. The second kappa shape index (κ2) is 5.49. The molecule has 8 heteroatoms. The lowest BCUT2D eigenvalue weighted by Gasteiger charge is -2.10. The van der Waals surface area contributed by atoms with Crippen LogP contribution in [0, 0.1) is 32.8 Å². The van der Waals surface area contributed by atoms with Crippen LogP contribution in [0.3, 0.4) is 0 Å². The zero-order valence-corrected chi connectivity index (χ0v) is 11.3. The van der Waals surface area contributed by atoms with Crippen LogP contribution in [0.5, 0.6) is 0 Å². The molecule has 0 saturated heterocycles. The van der Waals surface area contributed by atoms with Crippen molar-refractivity contribution < 1.29 is 4.92 Å². The number of non-ortho nitro benzene ring substituents is 1. The zero-order chi connectivity index (χ0) is 15.6. The highest BCUT2D eigenvalue weighted by Crippen LogP contribution is 2.33. The number of nitrogens with two attached hydrogens (primary N) is 1. The molecule has 1 aromatic carbocycles. The van der Waals surface area contributed by atoms with E-state index < -0.39 is 4.92 Å². The summed E-state index contributed by atoms with van der Waals surface area (Å²) in [5, 5.41) is 29.2. The van der Waals surface area contributed by atoms with Crippen molar-refractivity contribution in [2.24, 2.45) is 0 Å². The van der Waals surface area contributed by atoms with E-state index in [9.17, 15) is 20.6 Å². The van der Waals surface area contributed by atoms with E-state index in [1.54, 1.807) is 0 Å². The minimum Gasteiger partial charge on any atom is -0.383 e. The summed E-state index contributed by atoms with van der Waals surface area (Å²) in [6.45, 7) is 0. The van der Waals surface area contributed by atoms with Gasteiger partial charge >= 0.3 is 0 Å². The van der Waals surface area contributed by atoms with Crippen LogP contribution in [0.15, 0.2) is 29.3 Å². The molecule has 0 radical (unpaired) electrons. The zero-order valence-electron chi connectivity index (χ0n) is 10.4. The molecule has 0 aliphatic heterocycles. The Morgan fingerprint density at radius 2 is 1.76 bits per heavy atom. The number of nitro benzene ring substituents is 1. The average molecular weight is 297 g/mol. The summed E-state index contributed by atoms with van der Waals surface area (Å²) in [6.07, 6.45) is 0. The standard InChI is InChI=1S/C13H7N5O2S/c14-5-9-11(10(6-15)13(21)17-12(9)16)7-1-3-8(4-2-7)18(19)20/h1-4H,(H3,16,17,21). The van der Waals surface area contributed by atoms with Crippen molar-refractivity contribution in [3.8, 4) is 23.3 Å². The van der Waals surface area contributed by atoms with Crippen LogP contribution in [0.4, 0.5) is 11.5 Å². The fourth-order valence-corrected chi connectivity index (χ4v) is 2.12. The van der Waals surface area contributed by atoms with Crippen molar-refractivity contribution in [3.63, 3.8) is 0 Å². The van der Waals surface area contributed by atoms with Crippen LogP contribution >= 0.6 is 12.6 Å². The van der Waals surface area contributed by atoms with Gasteiger partial charge in [-0.25, -0.2) is 4.98 Å². The quantitative estimate of drug-likeness (QED) is 0.497. The Bertz CT molecular complexity index is 780. The maximum atomic E-state index is 10.7. The second-order valence-corrected chi connectivity index (χ2v) is 4.40. The lowest BCUT2D eigenvalue weighted by molar-refractivity contribution is -0.384. The molecular weight excluding hydrogens is 290 g/mol. The molecule has 0 atom stereocenters. The number of rotatable bonds is 2. The van der Waals surface area contributed by atoms with Crippen molar-refractivity contribution in [1.82, 2.24) is 4.98 Å². The predicted octanol–water partition coefficient (Wildman–Crippen LogP) is 2.27. The highest BCUT2D eigenvalue weighted by atomic mass is 32.1. The van der Waals surface area contributed by atoms with E-state index in [0.717, 1.165) is 0 Å². The van der Waals surface area contributed by atoms with E-state index in [4.69, 9.17) is 5.73 Å².